The minimum absolute atomic E-state index is 0.378. The Labute approximate surface area is 212 Å². The molecular formula is C29H23N5O3. The number of nitrogens with one attached hydrogen (secondary N) is 2. The van der Waals surface area contributed by atoms with Crippen molar-refractivity contribution in [2.45, 2.75) is 6.61 Å². The lowest BCUT2D eigenvalue weighted by atomic mass is 10.0. The van der Waals surface area contributed by atoms with Crippen LogP contribution in [0.1, 0.15) is 15.9 Å². The Bertz CT molecular complexity index is 1750. The van der Waals surface area contributed by atoms with Crippen LogP contribution in [0.4, 0.5) is 5.82 Å². The summed E-state index contributed by atoms with van der Waals surface area (Å²) in [5.41, 5.74) is 12.6. The maximum atomic E-state index is 12.4. The van der Waals surface area contributed by atoms with Crippen molar-refractivity contribution in [2.75, 3.05) is 12.8 Å². The second-order valence-corrected chi connectivity index (χ2v) is 8.68. The molecule has 6 aromatic rings. The molecule has 0 aliphatic rings. The van der Waals surface area contributed by atoms with E-state index in [4.69, 9.17) is 15.2 Å². The van der Waals surface area contributed by atoms with E-state index in [9.17, 15) is 4.79 Å². The Morgan fingerprint density at radius 2 is 1.81 bits per heavy atom. The molecule has 0 fully saturated rings. The Kier molecular flexibility index (Phi) is 5.54. The van der Waals surface area contributed by atoms with Crippen LogP contribution in [0.2, 0.25) is 0 Å². The predicted octanol–water partition coefficient (Wildman–Crippen LogP) is 5.72. The molecule has 3 aromatic heterocycles. The number of ether oxygens (including phenoxy) is 2. The van der Waals surface area contributed by atoms with E-state index in [0.717, 1.165) is 49.9 Å². The van der Waals surface area contributed by atoms with E-state index in [1.165, 1.54) is 7.11 Å². The Balaban J connectivity index is 1.41. The number of aromatic nitrogens is 4. The smallest absolute Gasteiger partial charge is 0.338 e. The summed E-state index contributed by atoms with van der Waals surface area (Å²) < 4.78 is 11.0. The Morgan fingerprint density at radius 3 is 2.65 bits per heavy atom. The SMILES string of the molecule is COC(=O)c1cc(OCc2ccccc2)cc(-c2cc3c(-c4ccc5[nH]nc(N)c5c4)ccnc3[nH]2)c1. The minimum atomic E-state index is -0.438. The zero-order valence-corrected chi connectivity index (χ0v) is 20.0. The first-order chi connectivity index (χ1) is 18.1. The van der Waals surface area contributed by atoms with E-state index in [0.29, 0.717) is 23.7 Å². The van der Waals surface area contributed by atoms with Crippen molar-refractivity contribution >= 4 is 33.7 Å². The van der Waals surface area contributed by atoms with Crippen LogP contribution in [0.3, 0.4) is 0 Å². The zero-order valence-electron chi connectivity index (χ0n) is 20.0. The molecule has 8 heteroatoms. The van der Waals surface area contributed by atoms with E-state index in [1.807, 2.05) is 66.7 Å². The van der Waals surface area contributed by atoms with Crippen LogP contribution in [0.15, 0.2) is 85.1 Å². The molecule has 0 saturated heterocycles. The molecule has 4 N–H and O–H groups in total. The van der Waals surface area contributed by atoms with Crippen molar-refractivity contribution in [1.29, 1.82) is 0 Å². The van der Waals surface area contributed by atoms with Crippen LogP contribution < -0.4 is 10.5 Å². The number of hydrogen-bond donors (Lipinski definition) is 3. The average Bonchev–Trinajstić information content (AvgIpc) is 3.55. The van der Waals surface area contributed by atoms with Crippen LogP contribution >= 0.6 is 0 Å². The number of H-pyrrole nitrogens is 2. The molecule has 0 unspecified atom stereocenters. The molecule has 0 bridgehead atoms. The predicted molar refractivity (Wildman–Crippen MR) is 143 cm³/mol. The van der Waals surface area contributed by atoms with Crippen molar-refractivity contribution in [1.82, 2.24) is 20.2 Å². The summed E-state index contributed by atoms with van der Waals surface area (Å²) in [6.45, 7) is 0.378. The molecule has 6 rings (SSSR count). The fourth-order valence-corrected chi connectivity index (χ4v) is 4.45. The van der Waals surface area contributed by atoms with Crippen LogP contribution in [0, 0.1) is 0 Å². The lowest BCUT2D eigenvalue weighted by Crippen LogP contribution is -2.03. The van der Waals surface area contributed by atoms with Crippen molar-refractivity contribution in [2.24, 2.45) is 0 Å². The van der Waals surface area contributed by atoms with Gasteiger partial charge in [0.25, 0.3) is 0 Å². The molecule has 3 heterocycles. The topological polar surface area (TPSA) is 119 Å². The van der Waals surface area contributed by atoms with Gasteiger partial charge >= 0.3 is 5.97 Å². The molecule has 0 atom stereocenters. The van der Waals surface area contributed by atoms with Crippen LogP contribution in [-0.4, -0.2) is 33.2 Å². The molecule has 0 amide bonds. The number of anilines is 1. The molecule has 0 radical (unpaired) electrons. The van der Waals surface area contributed by atoms with Crippen LogP contribution in [0.25, 0.3) is 44.3 Å². The lowest BCUT2D eigenvalue weighted by molar-refractivity contribution is 0.0600. The van der Waals surface area contributed by atoms with Gasteiger partial charge in [0.15, 0.2) is 5.82 Å². The quantitative estimate of drug-likeness (QED) is 0.258. The van der Waals surface area contributed by atoms with Gasteiger partial charge in [-0.05, 0) is 59.2 Å². The van der Waals surface area contributed by atoms with Gasteiger partial charge in [-0.25, -0.2) is 9.78 Å². The molecule has 182 valence electrons. The number of nitrogen functional groups attached to an aromatic ring is 1. The van der Waals surface area contributed by atoms with E-state index < -0.39 is 5.97 Å². The number of nitrogens with zero attached hydrogens (tertiary/aromatic N) is 2. The van der Waals surface area contributed by atoms with Crippen molar-refractivity contribution < 1.29 is 14.3 Å². The molecule has 3 aromatic carbocycles. The number of esters is 1. The van der Waals surface area contributed by atoms with Gasteiger partial charge < -0.3 is 20.2 Å². The van der Waals surface area contributed by atoms with Crippen molar-refractivity contribution in [3.63, 3.8) is 0 Å². The standard InChI is InChI=1S/C29H23N5O3/c1-36-29(35)20-11-19(12-21(13-20)37-16-17-5-3-2-4-6-17)26-15-23-22(9-10-31-28(23)32-26)18-7-8-25-24(14-18)27(30)34-33-25/h2-15H,16H2,1H3,(H,31,32)(H3,30,33,34). The summed E-state index contributed by atoms with van der Waals surface area (Å²) in [4.78, 5) is 20.4. The van der Waals surface area contributed by atoms with Crippen molar-refractivity contribution in [3.05, 3.63) is 96.2 Å². The lowest BCUT2D eigenvalue weighted by Gasteiger charge is -2.10. The molecule has 0 saturated carbocycles. The summed E-state index contributed by atoms with van der Waals surface area (Å²) in [5.74, 6) is 0.585. The first-order valence-electron chi connectivity index (χ1n) is 11.7. The van der Waals surface area contributed by atoms with E-state index >= 15 is 0 Å². The normalized spacial score (nSPS) is 11.2. The first kappa shape index (κ1) is 22.4. The third kappa shape index (κ3) is 4.25. The number of pyridine rings is 1. The summed E-state index contributed by atoms with van der Waals surface area (Å²) >= 11 is 0. The largest absolute Gasteiger partial charge is 0.489 e. The molecule has 0 aliphatic heterocycles. The zero-order chi connectivity index (χ0) is 25.4. The van der Waals surface area contributed by atoms with Gasteiger partial charge in [-0.1, -0.05) is 36.4 Å². The van der Waals surface area contributed by atoms with Gasteiger partial charge in [-0.15, -0.1) is 0 Å². The minimum Gasteiger partial charge on any atom is -0.489 e. The average molecular weight is 490 g/mol. The van der Waals surface area contributed by atoms with E-state index in [1.54, 1.807) is 18.3 Å². The number of carbonyl (C=O) groups is 1. The Hall–Kier alpha value is -5.11. The van der Waals surface area contributed by atoms with Gasteiger partial charge in [-0.3, -0.25) is 5.10 Å². The second kappa shape index (κ2) is 9.16. The number of aromatic amines is 2. The van der Waals surface area contributed by atoms with Crippen molar-refractivity contribution in [3.8, 4) is 28.1 Å². The maximum absolute atomic E-state index is 12.4. The number of carbonyl (C=O) groups excluding carboxylic acids is 1. The highest BCUT2D eigenvalue weighted by molar-refractivity contribution is 6.00. The summed E-state index contributed by atoms with van der Waals surface area (Å²) in [5, 5.41) is 8.83. The fourth-order valence-electron chi connectivity index (χ4n) is 4.45. The number of methoxy groups -OCH3 is 1. The van der Waals surface area contributed by atoms with Gasteiger partial charge in [0, 0.05) is 28.2 Å². The third-order valence-corrected chi connectivity index (χ3v) is 6.32. The van der Waals surface area contributed by atoms with E-state index in [2.05, 4.69) is 20.2 Å². The summed E-state index contributed by atoms with van der Waals surface area (Å²) in [6.07, 6.45) is 1.76. The molecule has 0 spiro atoms. The third-order valence-electron chi connectivity index (χ3n) is 6.32. The molecule has 37 heavy (non-hydrogen) atoms. The summed E-state index contributed by atoms with van der Waals surface area (Å²) in [7, 11) is 1.36. The molecule has 8 nitrogen and oxygen atoms in total. The van der Waals surface area contributed by atoms with Gasteiger partial charge in [0.2, 0.25) is 0 Å². The Morgan fingerprint density at radius 1 is 0.946 bits per heavy atom. The van der Waals surface area contributed by atoms with E-state index in [-0.39, 0.29) is 0 Å². The second-order valence-electron chi connectivity index (χ2n) is 8.68. The maximum Gasteiger partial charge on any atom is 0.338 e. The fraction of sp³-hybridized carbons (Fsp3) is 0.0690. The highest BCUT2D eigenvalue weighted by Gasteiger charge is 2.15. The number of fused-ring (bicyclic) bond motifs is 2. The number of rotatable bonds is 6. The summed E-state index contributed by atoms with van der Waals surface area (Å²) in [6, 6.07) is 25.2. The molecule has 0 aliphatic carbocycles. The van der Waals surface area contributed by atoms with Gasteiger partial charge in [-0.2, -0.15) is 5.10 Å². The number of nitrogens with two attached hydrogens (primary N) is 1. The van der Waals surface area contributed by atoms with Gasteiger partial charge in [0.05, 0.1) is 18.2 Å². The number of benzene rings is 3. The van der Waals surface area contributed by atoms with Crippen LogP contribution in [-0.2, 0) is 11.3 Å². The van der Waals surface area contributed by atoms with Crippen LogP contribution in [0.5, 0.6) is 5.75 Å². The molecular weight excluding hydrogens is 466 g/mol. The number of hydrogen-bond acceptors (Lipinski definition) is 6. The monoisotopic (exact) mass is 489 g/mol. The first-order valence-corrected chi connectivity index (χ1v) is 11.7. The van der Waals surface area contributed by atoms with Gasteiger partial charge in [0.1, 0.15) is 18.0 Å². The highest BCUT2D eigenvalue weighted by atomic mass is 16.5. The highest BCUT2D eigenvalue weighted by Crippen LogP contribution is 2.35.